The molecule has 1 rings (SSSR count). The van der Waals surface area contributed by atoms with E-state index in [0.717, 1.165) is 18.7 Å². The molecule has 1 aromatic rings. The minimum absolute atomic E-state index is 0.182. The Hall–Kier alpha value is -0.850. The van der Waals surface area contributed by atoms with Crippen molar-refractivity contribution in [2.24, 2.45) is 0 Å². The first kappa shape index (κ1) is 10.2. The van der Waals surface area contributed by atoms with Crippen LogP contribution in [0, 0.1) is 19.3 Å². The molecule has 0 aliphatic carbocycles. The quantitative estimate of drug-likeness (QED) is 0.741. The van der Waals surface area contributed by atoms with E-state index in [1.165, 1.54) is 4.88 Å². The highest BCUT2D eigenvalue weighted by molar-refractivity contribution is 7.09. The molecule has 70 valence electrons. The topological polar surface area (TPSA) is 24.9 Å². The van der Waals surface area contributed by atoms with Crippen LogP contribution in [0.15, 0.2) is 5.51 Å². The molecule has 2 nitrogen and oxygen atoms in total. The average molecular weight is 194 g/mol. The summed E-state index contributed by atoms with van der Waals surface area (Å²) in [5, 5.41) is 3.30. The maximum Gasteiger partial charge on any atom is 0.0798 e. The zero-order valence-electron chi connectivity index (χ0n) is 8.00. The minimum Gasteiger partial charge on any atom is -0.299 e. The van der Waals surface area contributed by atoms with Gasteiger partial charge in [-0.05, 0) is 13.3 Å². The van der Waals surface area contributed by atoms with Crippen molar-refractivity contribution >= 4 is 11.3 Å². The first-order valence-electron chi connectivity index (χ1n) is 4.36. The molecule has 0 aliphatic heterocycles. The maximum absolute atomic E-state index is 5.34. The van der Waals surface area contributed by atoms with Gasteiger partial charge in [-0.1, -0.05) is 12.8 Å². The van der Waals surface area contributed by atoms with E-state index in [2.05, 4.69) is 23.1 Å². The molecule has 1 heterocycles. The van der Waals surface area contributed by atoms with Crippen LogP contribution < -0.4 is 5.32 Å². The van der Waals surface area contributed by atoms with Crippen molar-refractivity contribution in [2.45, 2.75) is 32.9 Å². The van der Waals surface area contributed by atoms with Gasteiger partial charge in [0.05, 0.1) is 17.2 Å². The molecule has 1 atom stereocenters. The molecule has 0 amide bonds. The molecule has 1 aromatic heterocycles. The van der Waals surface area contributed by atoms with Crippen LogP contribution in [0.3, 0.4) is 0 Å². The summed E-state index contributed by atoms with van der Waals surface area (Å²) < 4.78 is 0. The summed E-state index contributed by atoms with van der Waals surface area (Å²) in [7, 11) is 0. The van der Waals surface area contributed by atoms with Crippen molar-refractivity contribution in [2.75, 3.05) is 0 Å². The summed E-state index contributed by atoms with van der Waals surface area (Å²) >= 11 is 1.67. The molecule has 0 bridgehead atoms. The monoisotopic (exact) mass is 194 g/mol. The zero-order chi connectivity index (χ0) is 9.68. The predicted octanol–water partition coefficient (Wildman–Crippen LogP) is 1.95. The number of hydrogen-bond acceptors (Lipinski definition) is 3. The Kier molecular flexibility index (Phi) is 3.94. The van der Waals surface area contributed by atoms with Gasteiger partial charge in [0.25, 0.3) is 0 Å². The molecule has 0 saturated carbocycles. The third kappa shape index (κ3) is 2.83. The highest BCUT2D eigenvalue weighted by atomic mass is 32.1. The molecule has 0 spiro atoms. The number of rotatable bonds is 4. The second-order valence-electron chi connectivity index (χ2n) is 2.87. The van der Waals surface area contributed by atoms with Gasteiger partial charge in [-0.2, -0.15) is 0 Å². The number of terminal acetylenes is 1. The van der Waals surface area contributed by atoms with Gasteiger partial charge in [-0.25, -0.2) is 4.98 Å². The predicted molar refractivity (Wildman–Crippen MR) is 56.6 cm³/mol. The third-order valence-electron chi connectivity index (χ3n) is 1.96. The number of aryl methyl sites for hydroxylation is 1. The second kappa shape index (κ2) is 5.00. The van der Waals surface area contributed by atoms with Crippen LogP contribution in [-0.4, -0.2) is 11.0 Å². The van der Waals surface area contributed by atoms with Crippen LogP contribution in [0.25, 0.3) is 0 Å². The Morgan fingerprint density at radius 1 is 1.77 bits per heavy atom. The van der Waals surface area contributed by atoms with E-state index < -0.39 is 0 Å². The fraction of sp³-hybridized carbons (Fsp3) is 0.500. The number of thiazole rings is 1. The fourth-order valence-corrected chi connectivity index (χ4v) is 1.76. The maximum atomic E-state index is 5.34. The Labute approximate surface area is 83.4 Å². The first-order valence-corrected chi connectivity index (χ1v) is 5.24. The standard InChI is InChI=1S/C10H14N2S/c1-4-9(5-2)11-6-10-8(3)12-7-13-10/h1,7,9,11H,5-6H2,2-3H3. The molecular weight excluding hydrogens is 180 g/mol. The van der Waals surface area contributed by atoms with Crippen molar-refractivity contribution in [1.82, 2.24) is 10.3 Å². The number of nitrogens with zero attached hydrogens (tertiary/aromatic N) is 1. The van der Waals surface area contributed by atoms with E-state index in [9.17, 15) is 0 Å². The minimum atomic E-state index is 0.182. The van der Waals surface area contributed by atoms with E-state index in [1.807, 2.05) is 12.4 Å². The van der Waals surface area contributed by atoms with E-state index in [0.29, 0.717) is 0 Å². The van der Waals surface area contributed by atoms with Crippen LogP contribution in [0.1, 0.15) is 23.9 Å². The molecule has 13 heavy (non-hydrogen) atoms. The number of hydrogen-bond donors (Lipinski definition) is 1. The van der Waals surface area contributed by atoms with E-state index in [4.69, 9.17) is 6.42 Å². The van der Waals surface area contributed by atoms with Crippen molar-refractivity contribution in [3.63, 3.8) is 0 Å². The third-order valence-corrected chi connectivity index (χ3v) is 2.90. The average Bonchev–Trinajstić information content (AvgIpc) is 2.54. The van der Waals surface area contributed by atoms with Gasteiger partial charge in [-0.3, -0.25) is 5.32 Å². The summed E-state index contributed by atoms with van der Waals surface area (Å²) in [5.74, 6) is 2.71. The second-order valence-corrected chi connectivity index (χ2v) is 3.81. The largest absolute Gasteiger partial charge is 0.299 e. The van der Waals surface area contributed by atoms with Crippen molar-refractivity contribution < 1.29 is 0 Å². The van der Waals surface area contributed by atoms with E-state index in [-0.39, 0.29) is 6.04 Å². The summed E-state index contributed by atoms with van der Waals surface area (Å²) in [6, 6.07) is 0.182. The lowest BCUT2D eigenvalue weighted by Gasteiger charge is -2.08. The molecule has 0 radical (unpaired) electrons. The number of aromatic nitrogens is 1. The van der Waals surface area contributed by atoms with Gasteiger partial charge in [-0.15, -0.1) is 17.8 Å². The fourth-order valence-electron chi connectivity index (χ4n) is 1.03. The summed E-state index contributed by atoms with van der Waals surface area (Å²) in [6.45, 7) is 4.93. The van der Waals surface area contributed by atoms with Crippen molar-refractivity contribution in [1.29, 1.82) is 0 Å². The summed E-state index contributed by atoms with van der Waals surface area (Å²) in [6.07, 6.45) is 6.30. The van der Waals surface area contributed by atoms with Gasteiger partial charge in [0.15, 0.2) is 0 Å². The van der Waals surface area contributed by atoms with Crippen LogP contribution in [0.5, 0.6) is 0 Å². The van der Waals surface area contributed by atoms with Gasteiger partial charge < -0.3 is 0 Å². The smallest absolute Gasteiger partial charge is 0.0798 e. The highest BCUT2D eigenvalue weighted by Gasteiger charge is 2.04. The normalized spacial score (nSPS) is 12.4. The van der Waals surface area contributed by atoms with Gasteiger partial charge in [0.1, 0.15) is 0 Å². The van der Waals surface area contributed by atoms with Crippen LogP contribution in [0.2, 0.25) is 0 Å². The lowest BCUT2D eigenvalue weighted by atomic mass is 10.2. The Morgan fingerprint density at radius 2 is 2.54 bits per heavy atom. The molecule has 1 unspecified atom stereocenters. The van der Waals surface area contributed by atoms with Crippen molar-refractivity contribution in [3.8, 4) is 12.3 Å². The molecule has 0 aliphatic rings. The molecule has 1 N–H and O–H groups in total. The lowest BCUT2D eigenvalue weighted by Crippen LogP contribution is -2.25. The Morgan fingerprint density at radius 3 is 3.00 bits per heavy atom. The molecule has 3 heteroatoms. The zero-order valence-corrected chi connectivity index (χ0v) is 8.82. The molecule has 0 fully saturated rings. The van der Waals surface area contributed by atoms with Crippen LogP contribution in [-0.2, 0) is 6.54 Å². The van der Waals surface area contributed by atoms with Crippen molar-refractivity contribution in [3.05, 3.63) is 16.1 Å². The summed E-state index contributed by atoms with van der Waals surface area (Å²) in [5.41, 5.74) is 2.97. The van der Waals surface area contributed by atoms with Gasteiger partial charge in [0.2, 0.25) is 0 Å². The summed E-state index contributed by atoms with van der Waals surface area (Å²) in [4.78, 5) is 5.45. The first-order chi connectivity index (χ1) is 6.27. The van der Waals surface area contributed by atoms with E-state index >= 15 is 0 Å². The molecule has 0 aromatic carbocycles. The van der Waals surface area contributed by atoms with Gasteiger partial charge >= 0.3 is 0 Å². The highest BCUT2D eigenvalue weighted by Crippen LogP contribution is 2.11. The van der Waals surface area contributed by atoms with Crippen LogP contribution >= 0.6 is 11.3 Å². The lowest BCUT2D eigenvalue weighted by molar-refractivity contribution is 0.595. The SMILES string of the molecule is C#CC(CC)NCc1scnc1C. The van der Waals surface area contributed by atoms with E-state index in [1.54, 1.807) is 11.3 Å². The Bertz CT molecular complexity index is 298. The van der Waals surface area contributed by atoms with Gasteiger partial charge in [0, 0.05) is 11.4 Å². The number of nitrogens with one attached hydrogen (secondary N) is 1. The molecular formula is C10H14N2S. The molecule has 0 saturated heterocycles. The van der Waals surface area contributed by atoms with Crippen LogP contribution in [0.4, 0.5) is 0 Å². The Balaban J connectivity index is 2.44.